The van der Waals surface area contributed by atoms with E-state index >= 15 is 0 Å². The smallest absolute Gasteiger partial charge is 0.245 e. The summed E-state index contributed by atoms with van der Waals surface area (Å²) in [5.74, 6) is 0.197. The normalized spacial score (nSPS) is 13.6. The van der Waals surface area contributed by atoms with E-state index in [4.69, 9.17) is 9.52 Å². The fourth-order valence-corrected chi connectivity index (χ4v) is 4.84. The highest BCUT2D eigenvalue weighted by molar-refractivity contribution is 9.10. The Morgan fingerprint density at radius 1 is 1.55 bits per heavy atom. The summed E-state index contributed by atoms with van der Waals surface area (Å²) in [4.78, 5) is 1.11. The van der Waals surface area contributed by atoms with Gasteiger partial charge in [0.15, 0.2) is 4.67 Å². The van der Waals surface area contributed by atoms with Crippen molar-refractivity contribution in [1.82, 2.24) is 4.72 Å². The number of nitrogens with one attached hydrogen (secondary N) is 1. The molecule has 0 fully saturated rings. The minimum absolute atomic E-state index is 0.000389. The molecule has 2 rings (SSSR count). The lowest BCUT2D eigenvalue weighted by Gasteiger charge is -2.12. The molecule has 2 N–H and O–H groups in total. The molecule has 2 aromatic rings. The molecule has 0 saturated carbocycles. The molecule has 5 nitrogen and oxygen atoms in total. The van der Waals surface area contributed by atoms with E-state index in [0.717, 1.165) is 4.88 Å². The van der Waals surface area contributed by atoms with Crippen LogP contribution in [0.5, 0.6) is 0 Å². The van der Waals surface area contributed by atoms with Crippen molar-refractivity contribution in [2.75, 3.05) is 0 Å². The lowest BCUT2D eigenvalue weighted by molar-refractivity contribution is 0.245. The molecule has 0 aliphatic heterocycles. The largest absolute Gasteiger partial charge is 0.450 e. The summed E-state index contributed by atoms with van der Waals surface area (Å²) in [5, 5.41) is 10.9. The molecule has 0 aliphatic carbocycles. The second kappa shape index (κ2) is 6.40. The van der Waals surface area contributed by atoms with Gasteiger partial charge in [0, 0.05) is 17.0 Å². The molecule has 0 bridgehead atoms. The Balaban J connectivity index is 2.12. The third-order valence-electron chi connectivity index (χ3n) is 2.60. The SMILES string of the molecule is CC(Cc1cccs1)NS(=O)(=O)c1cc(CO)oc1Br. The van der Waals surface area contributed by atoms with Crippen LogP contribution in [0.25, 0.3) is 0 Å². The zero-order valence-corrected chi connectivity index (χ0v) is 13.9. The van der Waals surface area contributed by atoms with E-state index in [1.54, 1.807) is 18.3 Å². The number of thiophene rings is 1. The molecular formula is C12H14BrNO4S2. The highest BCUT2D eigenvalue weighted by Crippen LogP contribution is 2.26. The van der Waals surface area contributed by atoms with Gasteiger partial charge in [-0.05, 0) is 40.7 Å². The molecule has 2 aromatic heterocycles. The lowest BCUT2D eigenvalue weighted by atomic mass is 10.2. The third kappa shape index (κ3) is 3.70. The summed E-state index contributed by atoms with van der Waals surface area (Å²) in [5.41, 5.74) is 0. The third-order valence-corrected chi connectivity index (χ3v) is 5.94. The summed E-state index contributed by atoms with van der Waals surface area (Å²) >= 11 is 4.64. The second-order valence-electron chi connectivity index (χ2n) is 4.31. The van der Waals surface area contributed by atoms with Gasteiger partial charge in [-0.15, -0.1) is 11.3 Å². The Morgan fingerprint density at radius 3 is 2.85 bits per heavy atom. The van der Waals surface area contributed by atoms with Crippen molar-refractivity contribution in [2.45, 2.75) is 30.9 Å². The van der Waals surface area contributed by atoms with Crippen LogP contribution in [0.3, 0.4) is 0 Å². The van der Waals surface area contributed by atoms with Crippen molar-refractivity contribution in [3.63, 3.8) is 0 Å². The number of sulfonamides is 1. The average Bonchev–Trinajstić information content (AvgIpc) is 2.97. The number of aliphatic hydroxyl groups is 1. The van der Waals surface area contributed by atoms with Crippen LogP contribution in [0, 0.1) is 0 Å². The van der Waals surface area contributed by atoms with Gasteiger partial charge in [-0.2, -0.15) is 0 Å². The number of rotatable bonds is 6. The van der Waals surface area contributed by atoms with Gasteiger partial charge in [-0.1, -0.05) is 6.07 Å². The summed E-state index contributed by atoms with van der Waals surface area (Å²) in [6.45, 7) is 1.46. The van der Waals surface area contributed by atoms with E-state index < -0.39 is 10.0 Å². The van der Waals surface area contributed by atoms with Crippen molar-refractivity contribution < 1.29 is 17.9 Å². The highest BCUT2D eigenvalue weighted by Gasteiger charge is 2.24. The van der Waals surface area contributed by atoms with Crippen LogP contribution in [-0.2, 0) is 23.1 Å². The van der Waals surface area contributed by atoms with Crippen LogP contribution in [0.15, 0.2) is 37.6 Å². The van der Waals surface area contributed by atoms with Gasteiger partial charge in [0.25, 0.3) is 0 Å². The molecule has 2 heterocycles. The predicted molar refractivity (Wildman–Crippen MR) is 80.1 cm³/mol. The summed E-state index contributed by atoms with van der Waals surface area (Å²) < 4.78 is 32.3. The zero-order valence-electron chi connectivity index (χ0n) is 10.7. The first-order valence-electron chi connectivity index (χ1n) is 5.86. The van der Waals surface area contributed by atoms with E-state index in [9.17, 15) is 8.42 Å². The highest BCUT2D eigenvalue weighted by atomic mass is 79.9. The Hall–Kier alpha value is -0.670. The predicted octanol–water partition coefficient (Wildman–Crippen LogP) is 2.51. The fourth-order valence-electron chi connectivity index (χ4n) is 1.76. The molecule has 0 radical (unpaired) electrons. The second-order valence-corrected chi connectivity index (χ2v) is 7.75. The van der Waals surface area contributed by atoms with Gasteiger partial charge in [-0.25, -0.2) is 13.1 Å². The molecule has 1 atom stereocenters. The molecule has 8 heteroatoms. The number of furan rings is 1. The van der Waals surface area contributed by atoms with Crippen molar-refractivity contribution in [1.29, 1.82) is 0 Å². The van der Waals surface area contributed by atoms with E-state index in [0.29, 0.717) is 6.42 Å². The Bertz CT molecular complexity index is 664. The van der Waals surface area contributed by atoms with Gasteiger partial charge >= 0.3 is 0 Å². The first-order valence-corrected chi connectivity index (χ1v) is 9.01. The van der Waals surface area contributed by atoms with E-state index in [1.165, 1.54) is 6.07 Å². The zero-order chi connectivity index (χ0) is 14.8. The van der Waals surface area contributed by atoms with Crippen LogP contribution in [0.2, 0.25) is 0 Å². The monoisotopic (exact) mass is 379 g/mol. The lowest BCUT2D eigenvalue weighted by Crippen LogP contribution is -2.33. The summed E-state index contributed by atoms with van der Waals surface area (Å²) in [6.07, 6.45) is 0.624. The van der Waals surface area contributed by atoms with Gasteiger partial charge < -0.3 is 9.52 Å². The van der Waals surface area contributed by atoms with Crippen molar-refractivity contribution in [3.05, 3.63) is 38.9 Å². The molecule has 0 aliphatic rings. The van der Waals surface area contributed by atoms with Gasteiger partial charge in [0.05, 0.1) is 0 Å². The Labute approximate surface area is 129 Å². The molecule has 0 spiro atoms. The Kier molecular flexibility index (Phi) is 5.03. The van der Waals surface area contributed by atoms with Gasteiger partial charge in [0.2, 0.25) is 10.0 Å². The standard InChI is InChI=1S/C12H14BrNO4S2/c1-8(5-10-3-2-4-19-10)14-20(16,17)11-6-9(7-15)18-12(11)13/h2-4,6,8,14-15H,5,7H2,1H3. The number of halogens is 1. The van der Waals surface area contributed by atoms with Crippen LogP contribution in [-0.4, -0.2) is 19.6 Å². The molecule has 0 amide bonds. The number of aliphatic hydroxyl groups excluding tert-OH is 1. The first-order chi connectivity index (χ1) is 9.42. The van der Waals surface area contributed by atoms with Crippen LogP contribution in [0.1, 0.15) is 17.6 Å². The number of hydrogen-bond donors (Lipinski definition) is 2. The molecule has 0 saturated heterocycles. The van der Waals surface area contributed by atoms with Crippen LogP contribution >= 0.6 is 27.3 Å². The van der Waals surface area contributed by atoms with Gasteiger partial charge in [0.1, 0.15) is 17.3 Å². The molecule has 110 valence electrons. The summed E-state index contributed by atoms with van der Waals surface area (Å²) in [7, 11) is -3.68. The van der Waals surface area contributed by atoms with E-state index in [1.807, 2.05) is 17.5 Å². The molecule has 1 unspecified atom stereocenters. The first kappa shape index (κ1) is 15.7. The average molecular weight is 380 g/mol. The van der Waals surface area contributed by atoms with Crippen LogP contribution in [0.4, 0.5) is 0 Å². The fraction of sp³-hybridized carbons (Fsp3) is 0.333. The molecule has 0 aromatic carbocycles. The van der Waals surface area contributed by atoms with E-state index in [-0.39, 0.29) is 28.0 Å². The topological polar surface area (TPSA) is 79.5 Å². The van der Waals surface area contributed by atoms with Crippen molar-refractivity contribution in [3.8, 4) is 0 Å². The molecular weight excluding hydrogens is 366 g/mol. The maximum Gasteiger partial charge on any atom is 0.245 e. The van der Waals surface area contributed by atoms with Crippen molar-refractivity contribution >= 4 is 37.3 Å². The maximum absolute atomic E-state index is 12.2. The van der Waals surface area contributed by atoms with Crippen LogP contribution < -0.4 is 4.72 Å². The van der Waals surface area contributed by atoms with E-state index in [2.05, 4.69) is 20.7 Å². The summed E-state index contributed by atoms with van der Waals surface area (Å²) in [6, 6.07) is 4.97. The number of hydrogen-bond acceptors (Lipinski definition) is 5. The minimum atomic E-state index is -3.68. The molecule has 20 heavy (non-hydrogen) atoms. The minimum Gasteiger partial charge on any atom is -0.450 e. The van der Waals surface area contributed by atoms with Crippen molar-refractivity contribution in [2.24, 2.45) is 0 Å². The Morgan fingerprint density at radius 2 is 2.30 bits per heavy atom. The van der Waals surface area contributed by atoms with Gasteiger partial charge in [-0.3, -0.25) is 0 Å². The maximum atomic E-state index is 12.2. The quantitative estimate of drug-likeness (QED) is 0.807.